The van der Waals surface area contributed by atoms with Crippen LogP contribution in [0, 0.1) is 0 Å². The molecule has 4 aromatic rings. The average molecular weight is 432 g/mol. The van der Waals surface area contributed by atoms with E-state index in [1.807, 2.05) is 30.3 Å². The molecule has 0 saturated heterocycles. The van der Waals surface area contributed by atoms with Gasteiger partial charge in [-0.1, -0.05) is 13.8 Å². The number of aromatic nitrogens is 5. The summed E-state index contributed by atoms with van der Waals surface area (Å²) >= 11 is 0. The van der Waals surface area contributed by atoms with Gasteiger partial charge in [0.05, 0.1) is 11.2 Å². The Morgan fingerprint density at radius 1 is 1.25 bits per heavy atom. The maximum atomic E-state index is 12.8. The van der Waals surface area contributed by atoms with Crippen LogP contribution in [0.3, 0.4) is 0 Å². The molecule has 0 spiro atoms. The Morgan fingerprint density at radius 2 is 2.12 bits per heavy atom. The van der Waals surface area contributed by atoms with Gasteiger partial charge < -0.3 is 10.1 Å². The summed E-state index contributed by atoms with van der Waals surface area (Å²) in [4.78, 5) is 21.5. The van der Waals surface area contributed by atoms with Gasteiger partial charge in [-0.2, -0.15) is 5.10 Å². The zero-order chi connectivity index (χ0) is 22.2. The Morgan fingerprint density at radius 3 is 2.94 bits per heavy atom. The largest absolute Gasteiger partial charge is 0.439 e. The molecule has 0 aliphatic carbocycles. The van der Waals surface area contributed by atoms with Crippen LogP contribution < -0.4 is 15.4 Å². The number of amides is 1. The number of benzene rings is 1. The Bertz CT molecular complexity index is 1290. The summed E-state index contributed by atoms with van der Waals surface area (Å²) in [6.45, 7) is 6.97. The molecular formula is C23H25N7O2. The molecule has 1 atom stereocenters. The van der Waals surface area contributed by atoms with Crippen LogP contribution in [0.15, 0.2) is 42.9 Å². The summed E-state index contributed by atoms with van der Waals surface area (Å²) in [7, 11) is 0. The maximum absolute atomic E-state index is 12.8. The van der Waals surface area contributed by atoms with Crippen molar-refractivity contribution in [2.24, 2.45) is 0 Å². The van der Waals surface area contributed by atoms with Crippen LogP contribution in [0.2, 0.25) is 0 Å². The van der Waals surface area contributed by atoms with Crippen LogP contribution in [0.1, 0.15) is 43.6 Å². The molecule has 1 amide bonds. The van der Waals surface area contributed by atoms with Gasteiger partial charge in [-0.15, -0.1) is 0 Å². The van der Waals surface area contributed by atoms with Crippen LogP contribution in [0.5, 0.6) is 11.6 Å². The SMILES string of the molecule is CC(C)c1cc(NC(=O)n2ccc3cc(Oc4ncnc5c4C[C@@H](C)NC5)ccc32)n[nH]1. The first-order chi connectivity index (χ1) is 15.5. The molecule has 4 heterocycles. The first-order valence-corrected chi connectivity index (χ1v) is 10.7. The van der Waals surface area contributed by atoms with Crippen LogP contribution in [0.25, 0.3) is 10.9 Å². The van der Waals surface area contributed by atoms with E-state index in [1.54, 1.807) is 10.8 Å². The Hall–Kier alpha value is -3.72. The van der Waals surface area contributed by atoms with Crippen LogP contribution in [0.4, 0.5) is 10.6 Å². The average Bonchev–Trinajstić information content (AvgIpc) is 3.41. The molecule has 5 rings (SSSR count). The van der Waals surface area contributed by atoms with E-state index >= 15 is 0 Å². The van der Waals surface area contributed by atoms with Crippen molar-refractivity contribution >= 4 is 22.8 Å². The Labute approximate surface area is 185 Å². The molecule has 9 nitrogen and oxygen atoms in total. The smallest absolute Gasteiger partial charge is 0.331 e. The number of H-pyrrole nitrogens is 1. The minimum absolute atomic E-state index is 0.276. The minimum atomic E-state index is -0.276. The molecule has 1 aliphatic rings. The van der Waals surface area contributed by atoms with Crippen LogP contribution in [-0.2, 0) is 13.0 Å². The highest BCUT2D eigenvalue weighted by atomic mass is 16.5. The van der Waals surface area contributed by atoms with E-state index in [2.05, 4.69) is 51.6 Å². The highest BCUT2D eigenvalue weighted by Gasteiger charge is 2.21. The van der Waals surface area contributed by atoms with Crippen molar-refractivity contribution < 1.29 is 9.53 Å². The third kappa shape index (κ3) is 3.82. The van der Waals surface area contributed by atoms with Gasteiger partial charge in [-0.25, -0.2) is 14.8 Å². The Balaban J connectivity index is 1.37. The topological polar surface area (TPSA) is 110 Å². The quantitative estimate of drug-likeness (QED) is 0.447. The lowest BCUT2D eigenvalue weighted by Crippen LogP contribution is -2.33. The van der Waals surface area contributed by atoms with Gasteiger partial charge in [-0.3, -0.25) is 15.0 Å². The third-order valence-corrected chi connectivity index (χ3v) is 5.67. The normalized spacial score (nSPS) is 15.7. The standard InChI is InChI=1S/C23H25N7O2/c1-13(2)18-10-21(29-28-18)27-23(31)30-7-6-15-9-16(4-5-20(15)30)32-22-17-8-14(3)24-11-19(17)25-12-26-22/h4-7,9-10,12-14,24H,8,11H2,1-3H3,(H2,27,28,29,31)/t14-/m1/s1. The number of ether oxygens (including phenoxy) is 1. The lowest BCUT2D eigenvalue weighted by atomic mass is 10.0. The molecule has 0 saturated carbocycles. The van der Waals surface area contributed by atoms with Crippen molar-refractivity contribution in [2.45, 2.75) is 45.7 Å². The second-order valence-corrected chi connectivity index (χ2v) is 8.39. The van der Waals surface area contributed by atoms with E-state index in [4.69, 9.17) is 4.74 Å². The van der Waals surface area contributed by atoms with E-state index < -0.39 is 0 Å². The minimum Gasteiger partial charge on any atom is -0.439 e. The first kappa shape index (κ1) is 20.2. The molecule has 3 N–H and O–H groups in total. The lowest BCUT2D eigenvalue weighted by molar-refractivity contribution is 0.254. The number of carbonyl (C=O) groups is 1. The van der Waals surface area contributed by atoms with Gasteiger partial charge in [0.15, 0.2) is 5.82 Å². The van der Waals surface area contributed by atoms with Gasteiger partial charge in [0.25, 0.3) is 0 Å². The predicted octanol–water partition coefficient (Wildman–Crippen LogP) is 4.18. The lowest BCUT2D eigenvalue weighted by Gasteiger charge is -2.23. The van der Waals surface area contributed by atoms with Crippen LogP contribution >= 0.6 is 0 Å². The zero-order valence-electron chi connectivity index (χ0n) is 18.2. The molecule has 1 aromatic carbocycles. The van der Waals surface area contributed by atoms with E-state index in [1.165, 1.54) is 6.33 Å². The van der Waals surface area contributed by atoms with Gasteiger partial charge in [0.1, 0.15) is 12.1 Å². The summed E-state index contributed by atoms with van der Waals surface area (Å²) in [6.07, 6.45) is 4.08. The molecule has 0 fully saturated rings. The molecule has 164 valence electrons. The van der Waals surface area contributed by atoms with Crippen molar-refractivity contribution in [3.05, 3.63) is 59.8 Å². The van der Waals surface area contributed by atoms with Gasteiger partial charge >= 0.3 is 6.03 Å². The fourth-order valence-corrected chi connectivity index (χ4v) is 3.86. The zero-order valence-corrected chi connectivity index (χ0v) is 18.2. The van der Waals surface area contributed by atoms with Crippen molar-refractivity contribution in [3.8, 4) is 11.6 Å². The number of nitrogens with zero attached hydrogens (tertiary/aromatic N) is 4. The molecule has 0 radical (unpaired) electrons. The van der Waals surface area contributed by atoms with Crippen molar-refractivity contribution in [3.63, 3.8) is 0 Å². The number of anilines is 1. The maximum Gasteiger partial charge on any atom is 0.331 e. The van der Waals surface area contributed by atoms with Gasteiger partial charge in [-0.05, 0) is 43.5 Å². The summed E-state index contributed by atoms with van der Waals surface area (Å²) in [5.41, 5.74) is 3.75. The number of hydrogen-bond donors (Lipinski definition) is 3. The molecule has 1 aliphatic heterocycles. The van der Waals surface area contributed by atoms with Crippen molar-refractivity contribution in [1.82, 2.24) is 30.0 Å². The predicted molar refractivity (Wildman–Crippen MR) is 121 cm³/mol. The second kappa shape index (κ2) is 8.08. The molecular weight excluding hydrogens is 406 g/mol. The van der Waals surface area contributed by atoms with Gasteiger partial charge in [0, 0.05) is 41.5 Å². The number of hydrogen-bond acceptors (Lipinski definition) is 6. The highest BCUT2D eigenvalue weighted by Crippen LogP contribution is 2.30. The summed E-state index contributed by atoms with van der Waals surface area (Å²) in [5, 5.41) is 14.2. The van der Waals surface area contributed by atoms with E-state index in [-0.39, 0.29) is 6.03 Å². The van der Waals surface area contributed by atoms with Crippen molar-refractivity contribution in [2.75, 3.05) is 5.32 Å². The van der Waals surface area contributed by atoms with E-state index in [9.17, 15) is 4.79 Å². The second-order valence-electron chi connectivity index (χ2n) is 8.39. The summed E-state index contributed by atoms with van der Waals surface area (Å²) < 4.78 is 7.68. The van der Waals surface area contributed by atoms with Crippen LogP contribution in [-0.4, -0.2) is 36.8 Å². The number of aromatic amines is 1. The van der Waals surface area contributed by atoms with Crippen molar-refractivity contribution in [1.29, 1.82) is 0 Å². The molecule has 0 unspecified atom stereocenters. The highest BCUT2D eigenvalue weighted by molar-refractivity contribution is 5.98. The van der Waals surface area contributed by atoms with Gasteiger partial charge in [0.2, 0.25) is 5.88 Å². The Kier molecular flexibility index (Phi) is 5.10. The fraction of sp³-hybridized carbons (Fsp3) is 0.304. The number of fused-ring (bicyclic) bond motifs is 2. The first-order valence-electron chi connectivity index (χ1n) is 10.7. The summed E-state index contributed by atoms with van der Waals surface area (Å²) in [5.74, 6) is 2.05. The summed E-state index contributed by atoms with van der Waals surface area (Å²) in [6, 6.07) is 9.41. The molecule has 9 heteroatoms. The monoisotopic (exact) mass is 431 g/mol. The number of rotatable bonds is 4. The molecule has 3 aromatic heterocycles. The molecule has 0 bridgehead atoms. The van der Waals surface area contributed by atoms with E-state index in [0.29, 0.717) is 36.0 Å². The number of carbonyl (C=O) groups excluding carboxylic acids is 1. The number of nitrogens with one attached hydrogen (secondary N) is 3. The third-order valence-electron chi connectivity index (χ3n) is 5.67. The van der Waals surface area contributed by atoms with E-state index in [0.717, 1.165) is 34.3 Å². The fourth-order valence-electron chi connectivity index (χ4n) is 3.86. The molecule has 32 heavy (non-hydrogen) atoms.